The van der Waals surface area contributed by atoms with E-state index < -0.39 is 11.8 Å². The van der Waals surface area contributed by atoms with Crippen LogP contribution in [0.3, 0.4) is 0 Å². The zero-order chi connectivity index (χ0) is 10.4. The summed E-state index contributed by atoms with van der Waals surface area (Å²) < 4.78 is 1.42. The average molecular weight is 198 g/mol. The van der Waals surface area contributed by atoms with Crippen LogP contribution in [0.25, 0.3) is 0 Å². The van der Waals surface area contributed by atoms with Crippen LogP contribution in [0.5, 0.6) is 0 Å². The summed E-state index contributed by atoms with van der Waals surface area (Å²) in [7, 11) is 0. The maximum absolute atomic E-state index is 11.0. The predicted molar refractivity (Wildman–Crippen MR) is 45.5 cm³/mol. The molecular weight excluding hydrogens is 188 g/mol. The monoisotopic (exact) mass is 198 g/mol. The van der Waals surface area contributed by atoms with Crippen molar-refractivity contribution in [3.05, 3.63) is 18.5 Å². The molecule has 0 fully saturated rings. The molecular formula is C7H10N4O3. The molecule has 0 aromatic carbocycles. The summed E-state index contributed by atoms with van der Waals surface area (Å²) in [6.07, 6.45) is 3.19. The van der Waals surface area contributed by atoms with Gasteiger partial charge in [-0.25, -0.2) is 5.48 Å². The Morgan fingerprint density at radius 1 is 1.57 bits per heavy atom. The van der Waals surface area contributed by atoms with Crippen molar-refractivity contribution >= 4 is 11.8 Å². The van der Waals surface area contributed by atoms with E-state index in [1.54, 1.807) is 18.5 Å². The highest BCUT2D eigenvalue weighted by atomic mass is 16.7. The van der Waals surface area contributed by atoms with Crippen molar-refractivity contribution in [1.82, 2.24) is 15.3 Å². The number of hydrogen-bond donors (Lipinski definition) is 2. The number of nitrogens with two attached hydrogens (primary N) is 1. The first-order valence-corrected chi connectivity index (χ1v) is 3.85. The topological polar surface area (TPSA) is 99.2 Å². The Morgan fingerprint density at radius 3 is 2.93 bits per heavy atom. The molecule has 1 rings (SSSR count). The zero-order valence-corrected chi connectivity index (χ0v) is 7.34. The van der Waals surface area contributed by atoms with Gasteiger partial charge in [-0.1, -0.05) is 0 Å². The van der Waals surface area contributed by atoms with Gasteiger partial charge < -0.3 is 5.73 Å². The minimum Gasteiger partial charge on any atom is -0.368 e. The molecule has 14 heavy (non-hydrogen) atoms. The third-order valence-electron chi connectivity index (χ3n) is 1.27. The van der Waals surface area contributed by atoms with Gasteiger partial charge in [-0.15, -0.1) is 0 Å². The van der Waals surface area contributed by atoms with Gasteiger partial charge in [-0.3, -0.25) is 19.1 Å². The Labute approximate surface area is 79.8 Å². The highest BCUT2D eigenvalue weighted by Crippen LogP contribution is 1.83. The molecule has 7 nitrogen and oxygen atoms in total. The van der Waals surface area contributed by atoms with Crippen LogP contribution in [-0.4, -0.2) is 28.2 Å². The van der Waals surface area contributed by atoms with E-state index in [4.69, 9.17) is 5.73 Å². The molecule has 0 spiro atoms. The molecule has 7 heteroatoms. The van der Waals surface area contributed by atoms with Crippen molar-refractivity contribution in [1.29, 1.82) is 0 Å². The summed E-state index contributed by atoms with van der Waals surface area (Å²) in [5.41, 5.74) is 6.83. The number of carbonyl (C=O) groups excluding carboxylic acids is 2. The number of nitrogens with one attached hydrogen (secondary N) is 1. The van der Waals surface area contributed by atoms with Gasteiger partial charge in [0, 0.05) is 12.4 Å². The van der Waals surface area contributed by atoms with E-state index in [1.165, 1.54) is 4.68 Å². The summed E-state index contributed by atoms with van der Waals surface area (Å²) in [5.74, 6) is -1.06. The molecule has 1 aromatic heterocycles. The van der Waals surface area contributed by atoms with Crippen LogP contribution in [0.1, 0.15) is 0 Å². The summed E-state index contributed by atoms with van der Waals surface area (Å²) >= 11 is 0. The molecule has 0 atom stereocenters. The Morgan fingerprint density at radius 2 is 2.36 bits per heavy atom. The van der Waals surface area contributed by atoms with E-state index in [0.29, 0.717) is 0 Å². The molecule has 1 heterocycles. The number of primary amides is 1. The Hall–Kier alpha value is -1.89. The van der Waals surface area contributed by atoms with Crippen LogP contribution in [0.2, 0.25) is 0 Å². The summed E-state index contributed by atoms with van der Waals surface area (Å²) in [4.78, 5) is 25.8. The maximum atomic E-state index is 11.0. The fourth-order valence-electron chi connectivity index (χ4n) is 0.761. The van der Waals surface area contributed by atoms with Crippen molar-refractivity contribution < 1.29 is 14.4 Å². The van der Waals surface area contributed by atoms with Gasteiger partial charge in [0.2, 0.25) is 5.91 Å². The van der Waals surface area contributed by atoms with Gasteiger partial charge in [-0.2, -0.15) is 5.10 Å². The van der Waals surface area contributed by atoms with Crippen molar-refractivity contribution in [2.75, 3.05) is 6.61 Å². The molecule has 0 saturated carbocycles. The minimum absolute atomic E-state index is 0.0335. The summed E-state index contributed by atoms with van der Waals surface area (Å²) in [6.45, 7) is -0.309. The maximum Gasteiger partial charge on any atom is 0.265 e. The molecule has 2 amide bonds. The van der Waals surface area contributed by atoms with Gasteiger partial charge in [0.15, 0.2) is 6.61 Å². The standard InChI is InChI=1S/C7H10N4O3/c8-6(12)5-14-10-7(13)4-11-3-1-2-9-11/h1-3H,4-5H2,(H2,8,12)(H,10,13). The fraction of sp³-hybridized carbons (Fsp3) is 0.286. The third-order valence-corrected chi connectivity index (χ3v) is 1.27. The largest absolute Gasteiger partial charge is 0.368 e. The van der Waals surface area contributed by atoms with Gasteiger partial charge in [-0.05, 0) is 6.07 Å². The molecule has 0 saturated heterocycles. The second-order valence-electron chi connectivity index (χ2n) is 2.48. The van der Waals surface area contributed by atoms with E-state index >= 15 is 0 Å². The lowest BCUT2D eigenvalue weighted by Gasteiger charge is -2.03. The first-order valence-electron chi connectivity index (χ1n) is 3.85. The fourth-order valence-corrected chi connectivity index (χ4v) is 0.761. The summed E-state index contributed by atoms with van der Waals surface area (Å²) in [6, 6.07) is 1.69. The van der Waals surface area contributed by atoms with Gasteiger partial charge in [0.1, 0.15) is 6.54 Å². The van der Waals surface area contributed by atoms with Crippen molar-refractivity contribution in [2.24, 2.45) is 5.73 Å². The van der Waals surface area contributed by atoms with E-state index in [1.807, 2.05) is 0 Å². The molecule has 0 aliphatic carbocycles. The van der Waals surface area contributed by atoms with E-state index in [9.17, 15) is 9.59 Å². The van der Waals surface area contributed by atoms with Crippen LogP contribution in [0.4, 0.5) is 0 Å². The Kier molecular flexibility index (Phi) is 3.62. The number of amides is 2. The van der Waals surface area contributed by atoms with Crippen LogP contribution >= 0.6 is 0 Å². The van der Waals surface area contributed by atoms with E-state index in [-0.39, 0.29) is 13.2 Å². The molecule has 3 N–H and O–H groups in total. The lowest BCUT2D eigenvalue weighted by molar-refractivity contribution is -0.138. The molecule has 0 radical (unpaired) electrons. The number of nitrogens with zero attached hydrogens (tertiary/aromatic N) is 2. The lowest BCUT2D eigenvalue weighted by Crippen LogP contribution is -2.31. The summed E-state index contributed by atoms with van der Waals surface area (Å²) in [5, 5.41) is 3.81. The molecule has 0 bridgehead atoms. The van der Waals surface area contributed by atoms with Gasteiger partial charge >= 0.3 is 0 Å². The molecule has 0 unspecified atom stereocenters. The Balaban J connectivity index is 2.20. The number of rotatable bonds is 5. The van der Waals surface area contributed by atoms with E-state index in [0.717, 1.165) is 0 Å². The van der Waals surface area contributed by atoms with Crippen molar-refractivity contribution in [2.45, 2.75) is 6.54 Å². The van der Waals surface area contributed by atoms with Gasteiger partial charge in [0.05, 0.1) is 0 Å². The quantitative estimate of drug-likeness (QED) is 0.557. The average Bonchev–Trinajstić information content (AvgIpc) is 2.56. The number of carbonyl (C=O) groups is 2. The number of hydroxylamine groups is 1. The lowest BCUT2D eigenvalue weighted by atomic mass is 10.6. The third kappa shape index (κ3) is 3.68. The van der Waals surface area contributed by atoms with Crippen molar-refractivity contribution in [3.63, 3.8) is 0 Å². The van der Waals surface area contributed by atoms with Crippen LogP contribution in [-0.2, 0) is 21.0 Å². The number of aromatic nitrogens is 2. The number of hydrogen-bond acceptors (Lipinski definition) is 4. The Bertz CT molecular complexity index is 309. The molecule has 76 valence electrons. The molecule has 1 aromatic rings. The first-order chi connectivity index (χ1) is 6.68. The van der Waals surface area contributed by atoms with Crippen molar-refractivity contribution in [3.8, 4) is 0 Å². The molecule has 0 aliphatic rings. The van der Waals surface area contributed by atoms with Crippen LogP contribution < -0.4 is 11.2 Å². The predicted octanol–water partition coefficient (Wildman–Crippen LogP) is -1.58. The zero-order valence-electron chi connectivity index (χ0n) is 7.34. The normalized spacial score (nSPS) is 9.71. The highest BCUT2D eigenvalue weighted by Gasteiger charge is 2.02. The van der Waals surface area contributed by atoms with Crippen LogP contribution in [0.15, 0.2) is 18.5 Å². The van der Waals surface area contributed by atoms with Gasteiger partial charge in [0.25, 0.3) is 5.91 Å². The smallest absolute Gasteiger partial charge is 0.265 e. The second-order valence-corrected chi connectivity index (χ2v) is 2.48. The van der Waals surface area contributed by atoms with E-state index in [2.05, 4.69) is 15.4 Å². The molecule has 0 aliphatic heterocycles. The second kappa shape index (κ2) is 4.97. The highest BCUT2D eigenvalue weighted by molar-refractivity contribution is 5.76. The van der Waals surface area contributed by atoms with Crippen LogP contribution in [0, 0.1) is 0 Å². The minimum atomic E-state index is -0.649. The SMILES string of the molecule is NC(=O)CONC(=O)Cn1cccn1. The first kappa shape index (κ1) is 10.2.